The Kier molecular flexibility index (Phi) is 5.44. The summed E-state index contributed by atoms with van der Waals surface area (Å²) in [6.45, 7) is 0.412. The van der Waals surface area contributed by atoms with Gasteiger partial charge in [-0.1, -0.05) is 30.3 Å². The Hall–Kier alpha value is -2.93. The van der Waals surface area contributed by atoms with Gasteiger partial charge in [0.1, 0.15) is 6.61 Å². The van der Waals surface area contributed by atoms with Crippen LogP contribution in [0.4, 0.5) is 0 Å². The first kappa shape index (κ1) is 15.5. The van der Waals surface area contributed by atoms with E-state index < -0.39 is 0 Å². The Morgan fingerprint density at radius 2 is 1.86 bits per heavy atom. The number of hydrogen-bond donors (Lipinski definition) is 0. The predicted molar refractivity (Wildman–Crippen MR) is 84.5 cm³/mol. The fraction of sp³-hybridized carbons (Fsp3) is 0.167. The van der Waals surface area contributed by atoms with Crippen LogP contribution in [0, 0.1) is 11.3 Å². The molecule has 0 aliphatic carbocycles. The van der Waals surface area contributed by atoms with E-state index in [-0.39, 0.29) is 0 Å². The Balaban J connectivity index is 2.27. The minimum Gasteiger partial charge on any atom is -0.504 e. The third-order valence-corrected chi connectivity index (χ3v) is 3.08. The zero-order valence-corrected chi connectivity index (χ0v) is 12.6. The molecule has 2 aromatic carbocycles. The third kappa shape index (κ3) is 3.80. The normalized spacial score (nSPS) is 10.2. The van der Waals surface area contributed by atoms with Gasteiger partial charge < -0.3 is 14.2 Å². The molecule has 4 nitrogen and oxygen atoms in total. The maximum absolute atomic E-state index is 9.27. The van der Waals surface area contributed by atoms with Gasteiger partial charge in [0.05, 0.1) is 32.1 Å². The van der Waals surface area contributed by atoms with Crippen molar-refractivity contribution in [3.8, 4) is 17.6 Å². The minimum absolute atomic E-state index is 0.412. The van der Waals surface area contributed by atoms with Crippen LogP contribution in [0.1, 0.15) is 16.7 Å². The van der Waals surface area contributed by atoms with Crippen molar-refractivity contribution in [2.75, 3.05) is 14.2 Å². The fourth-order valence-electron chi connectivity index (χ4n) is 1.96. The lowest BCUT2D eigenvalue weighted by Gasteiger charge is -2.12. The maximum Gasteiger partial charge on any atom is 0.163 e. The molecule has 2 rings (SSSR count). The Labute approximate surface area is 130 Å². The Morgan fingerprint density at radius 3 is 2.50 bits per heavy atom. The lowest BCUT2D eigenvalue weighted by atomic mass is 10.1. The van der Waals surface area contributed by atoms with Crippen molar-refractivity contribution in [3.05, 3.63) is 65.4 Å². The molecule has 0 fully saturated rings. The van der Waals surface area contributed by atoms with Gasteiger partial charge >= 0.3 is 0 Å². The molecule has 0 heterocycles. The van der Waals surface area contributed by atoms with Gasteiger partial charge in [-0.15, -0.1) is 0 Å². The molecule has 0 bridgehead atoms. The summed E-state index contributed by atoms with van der Waals surface area (Å²) in [7, 11) is 3.12. The van der Waals surface area contributed by atoms with Crippen LogP contribution < -0.4 is 9.47 Å². The van der Waals surface area contributed by atoms with Crippen LogP contribution >= 0.6 is 0 Å². The molecule has 0 N–H and O–H groups in total. The van der Waals surface area contributed by atoms with Crippen LogP contribution in [-0.2, 0) is 11.3 Å². The van der Waals surface area contributed by atoms with E-state index in [1.165, 1.54) is 6.26 Å². The summed E-state index contributed by atoms with van der Waals surface area (Å²) in [4.78, 5) is 0. The van der Waals surface area contributed by atoms with Gasteiger partial charge in [0, 0.05) is 6.07 Å². The molecule has 0 radical (unpaired) electrons. The molecule has 4 heteroatoms. The van der Waals surface area contributed by atoms with Gasteiger partial charge in [-0.3, -0.25) is 0 Å². The zero-order chi connectivity index (χ0) is 15.8. The number of nitriles is 1. The predicted octanol–water partition coefficient (Wildman–Crippen LogP) is 3.76. The van der Waals surface area contributed by atoms with Crippen molar-refractivity contribution in [1.29, 1.82) is 5.26 Å². The second-order valence-corrected chi connectivity index (χ2v) is 4.51. The molecule has 0 aliphatic heterocycles. The third-order valence-electron chi connectivity index (χ3n) is 3.08. The van der Waals surface area contributed by atoms with Crippen molar-refractivity contribution >= 4 is 6.08 Å². The fourth-order valence-corrected chi connectivity index (χ4v) is 1.96. The SMILES string of the molecule is CO/C=C\c1cc(OC)c(OCc2ccccc2)cc1C#N. The van der Waals surface area contributed by atoms with Gasteiger partial charge in [0.15, 0.2) is 11.5 Å². The average Bonchev–Trinajstić information content (AvgIpc) is 2.58. The van der Waals surface area contributed by atoms with Crippen molar-refractivity contribution < 1.29 is 14.2 Å². The van der Waals surface area contributed by atoms with Gasteiger partial charge in [-0.25, -0.2) is 0 Å². The summed E-state index contributed by atoms with van der Waals surface area (Å²) >= 11 is 0. The highest BCUT2D eigenvalue weighted by Gasteiger charge is 2.10. The second kappa shape index (κ2) is 7.75. The Bertz CT molecular complexity index is 687. The van der Waals surface area contributed by atoms with Crippen LogP contribution in [0.15, 0.2) is 48.7 Å². The summed E-state index contributed by atoms with van der Waals surface area (Å²) in [5, 5.41) is 9.27. The molecule has 0 saturated carbocycles. The van der Waals surface area contributed by atoms with E-state index in [1.54, 1.807) is 32.4 Å². The van der Waals surface area contributed by atoms with E-state index in [0.29, 0.717) is 29.2 Å². The number of methoxy groups -OCH3 is 2. The van der Waals surface area contributed by atoms with Crippen LogP contribution in [-0.4, -0.2) is 14.2 Å². The van der Waals surface area contributed by atoms with Crippen LogP contribution in [0.5, 0.6) is 11.5 Å². The first-order chi connectivity index (χ1) is 10.8. The number of benzene rings is 2. The highest BCUT2D eigenvalue weighted by Crippen LogP contribution is 2.32. The van der Waals surface area contributed by atoms with E-state index >= 15 is 0 Å². The van der Waals surface area contributed by atoms with Crippen molar-refractivity contribution in [2.45, 2.75) is 6.61 Å². The van der Waals surface area contributed by atoms with Crippen molar-refractivity contribution in [3.63, 3.8) is 0 Å². The smallest absolute Gasteiger partial charge is 0.163 e. The number of ether oxygens (including phenoxy) is 3. The number of hydrogen-bond acceptors (Lipinski definition) is 4. The molecule has 0 saturated heterocycles. The van der Waals surface area contributed by atoms with E-state index in [1.807, 2.05) is 30.3 Å². The summed E-state index contributed by atoms with van der Waals surface area (Å²) < 4.78 is 16.0. The molecule has 22 heavy (non-hydrogen) atoms. The standard InChI is InChI=1S/C18H17NO3/c1-20-9-8-15-10-17(21-2)18(11-16(15)12-19)22-13-14-6-4-3-5-7-14/h3-11H,13H2,1-2H3/b9-8-. The lowest BCUT2D eigenvalue weighted by molar-refractivity contribution is 0.284. The van der Waals surface area contributed by atoms with Crippen molar-refractivity contribution in [1.82, 2.24) is 0 Å². The van der Waals surface area contributed by atoms with Gasteiger partial charge in [0.2, 0.25) is 0 Å². The molecule has 0 aromatic heterocycles. The van der Waals surface area contributed by atoms with E-state index in [4.69, 9.17) is 14.2 Å². The van der Waals surface area contributed by atoms with Crippen LogP contribution in [0.25, 0.3) is 6.08 Å². The molecular weight excluding hydrogens is 278 g/mol. The molecular formula is C18H17NO3. The summed E-state index contributed by atoms with van der Waals surface area (Å²) in [5.74, 6) is 1.11. The molecule has 2 aromatic rings. The highest BCUT2D eigenvalue weighted by molar-refractivity contribution is 5.63. The summed E-state index contributed by atoms with van der Waals surface area (Å²) in [6.07, 6.45) is 3.22. The van der Waals surface area contributed by atoms with Gasteiger partial charge in [-0.2, -0.15) is 5.26 Å². The van der Waals surface area contributed by atoms with Crippen molar-refractivity contribution in [2.24, 2.45) is 0 Å². The highest BCUT2D eigenvalue weighted by atomic mass is 16.5. The van der Waals surface area contributed by atoms with E-state index in [9.17, 15) is 5.26 Å². The average molecular weight is 295 g/mol. The maximum atomic E-state index is 9.27. The summed E-state index contributed by atoms with van der Waals surface area (Å²) in [6, 6.07) is 15.4. The topological polar surface area (TPSA) is 51.5 Å². The quantitative estimate of drug-likeness (QED) is 0.761. The van der Waals surface area contributed by atoms with Crippen LogP contribution in [0.2, 0.25) is 0 Å². The molecule has 0 aliphatic rings. The monoisotopic (exact) mass is 295 g/mol. The number of rotatable bonds is 6. The molecule has 0 spiro atoms. The molecule has 112 valence electrons. The lowest BCUT2D eigenvalue weighted by Crippen LogP contribution is -1.99. The molecule has 0 amide bonds. The minimum atomic E-state index is 0.412. The molecule has 0 unspecified atom stereocenters. The Morgan fingerprint density at radius 1 is 1.09 bits per heavy atom. The van der Waals surface area contributed by atoms with Gasteiger partial charge in [-0.05, 0) is 23.3 Å². The van der Waals surface area contributed by atoms with Gasteiger partial charge in [0.25, 0.3) is 0 Å². The van der Waals surface area contributed by atoms with E-state index in [0.717, 1.165) is 5.56 Å². The van der Waals surface area contributed by atoms with Crippen LogP contribution in [0.3, 0.4) is 0 Å². The van der Waals surface area contributed by atoms with E-state index in [2.05, 4.69) is 6.07 Å². The largest absolute Gasteiger partial charge is 0.504 e. The second-order valence-electron chi connectivity index (χ2n) is 4.51. The summed E-state index contributed by atoms with van der Waals surface area (Å²) in [5.41, 5.74) is 2.26. The first-order valence-corrected chi connectivity index (χ1v) is 6.76. The molecule has 0 atom stereocenters. The zero-order valence-electron chi connectivity index (χ0n) is 12.6. The number of nitrogens with zero attached hydrogens (tertiary/aromatic N) is 1. The first-order valence-electron chi connectivity index (χ1n) is 6.76.